The molecule has 0 aromatic heterocycles. The molecule has 6 nitrogen and oxygen atoms in total. The van der Waals surface area contributed by atoms with Crippen LogP contribution in [0.3, 0.4) is 0 Å². The first-order valence-electron chi connectivity index (χ1n) is 9.12. The van der Waals surface area contributed by atoms with Gasteiger partial charge in [-0.3, -0.25) is 14.4 Å². The molecule has 28 heavy (non-hydrogen) atoms. The molecule has 2 heterocycles. The first-order valence-corrected chi connectivity index (χ1v) is 9.12. The van der Waals surface area contributed by atoms with E-state index < -0.39 is 17.7 Å². The fourth-order valence-corrected chi connectivity index (χ4v) is 3.54. The van der Waals surface area contributed by atoms with Crippen molar-refractivity contribution in [3.63, 3.8) is 0 Å². The van der Waals surface area contributed by atoms with Crippen molar-refractivity contribution >= 4 is 17.7 Å². The van der Waals surface area contributed by atoms with Gasteiger partial charge in [0.25, 0.3) is 0 Å². The van der Waals surface area contributed by atoms with Crippen molar-refractivity contribution in [1.29, 1.82) is 0 Å². The van der Waals surface area contributed by atoms with Crippen LogP contribution in [-0.4, -0.2) is 65.6 Å². The minimum absolute atomic E-state index is 0.0212. The van der Waals surface area contributed by atoms with Gasteiger partial charge in [-0.2, -0.15) is 13.2 Å². The Balaban J connectivity index is 1.67. The molecule has 0 aliphatic carbocycles. The number of piperazine rings is 1. The number of piperidine rings is 1. The lowest BCUT2D eigenvalue weighted by Gasteiger charge is -2.37. The number of benzene rings is 1. The normalized spacial score (nSPS) is 21.3. The summed E-state index contributed by atoms with van der Waals surface area (Å²) in [5, 5.41) is 0. The van der Waals surface area contributed by atoms with E-state index in [2.05, 4.69) is 0 Å². The molecule has 9 heteroatoms. The second-order valence-corrected chi connectivity index (χ2v) is 7.28. The van der Waals surface area contributed by atoms with Gasteiger partial charge in [0, 0.05) is 39.6 Å². The predicted octanol–water partition coefficient (Wildman–Crippen LogP) is 1.74. The number of hydrogen-bond acceptors (Lipinski definition) is 3. The lowest BCUT2D eigenvalue weighted by Crippen LogP contribution is -2.54. The molecule has 0 N–H and O–H groups in total. The summed E-state index contributed by atoms with van der Waals surface area (Å²) in [6.07, 6.45) is -3.90. The molecule has 0 spiro atoms. The van der Waals surface area contributed by atoms with Crippen LogP contribution in [-0.2, 0) is 27.1 Å². The number of halogens is 3. The fourth-order valence-electron chi connectivity index (χ4n) is 3.54. The van der Waals surface area contributed by atoms with Crippen molar-refractivity contribution < 1.29 is 27.6 Å². The lowest BCUT2D eigenvalue weighted by atomic mass is 9.95. The van der Waals surface area contributed by atoms with E-state index in [0.717, 1.165) is 12.1 Å². The monoisotopic (exact) mass is 397 g/mol. The van der Waals surface area contributed by atoms with Gasteiger partial charge in [-0.15, -0.1) is 0 Å². The summed E-state index contributed by atoms with van der Waals surface area (Å²) >= 11 is 0. The zero-order valence-corrected chi connectivity index (χ0v) is 15.5. The second-order valence-electron chi connectivity index (χ2n) is 7.28. The van der Waals surface area contributed by atoms with Gasteiger partial charge >= 0.3 is 6.18 Å². The molecular formula is C19H22F3N3O3. The van der Waals surface area contributed by atoms with E-state index in [-0.39, 0.29) is 43.8 Å². The highest BCUT2D eigenvalue weighted by Gasteiger charge is 2.35. The Kier molecular flexibility index (Phi) is 5.62. The number of likely N-dealkylation sites (N-methyl/N-ethyl adjacent to an activating group) is 1. The van der Waals surface area contributed by atoms with Gasteiger partial charge in [0.15, 0.2) is 0 Å². The molecule has 152 valence electrons. The highest BCUT2D eigenvalue weighted by Crippen LogP contribution is 2.30. The third-order valence-electron chi connectivity index (χ3n) is 5.25. The van der Waals surface area contributed by atoms with E-state index in [0.29, 0.717) is 25.1 Å². The largest absolute Gasteiger partial charge is 0.416 e. The average Bonchev–Trinajstić information content (AvgIpc) is 2.65. The number of nitrogens with zero attached hydrogens (tertiary/aromatic N) is 3. The van der Waals surface area contributed by atoms with Crippen LogP contribution in [0.4, 0.5) is 13.2 Å². The third-order valence-corrected chi connectivity index (χ3v) is 5.25. The number of alkyl halides is 3. The van der Waals surface area contributed by atoms with E-state index >= 15 is 0 Å². The Morgan fingerprint density at radius 1 is 1.18 bits per heavy atom. The summed E-state index contributed by atoms with van der Waals surface area (Å²) in [6, 6.07) is 4.86. The van der Waals surface area contributed by atoms with Gasteiger partial charge in [0.1, 0.15) is 0 Å². The maximum atomic E-state index is 12.9. The predicted molar refractivity (Wildman–Crippen MR) is 93.8 cm³/mol. The lowest BCUT2D eigenvalue weighted by molar-refractivity contribution is -0.150. The summed E-state index contributed by atoms with van der Waals surface area (Å²) in [5.74, 6) is -0.939. The Bertz CT molecular complexity index is 781. The maximum absolute atomic E-state index is 12.9. The summed E-state index contributed by atoms with van der Waals surface area (Å²) in [4.78, 5) is 41.3. The van der Waals surface area contributed by atoms with Crippen LogP contribution < -0.4 is 0 Å². The van der Waals surface area contributed by atoms with Gasteiger partial charge < -0.3 is 14.7 Å². The molecule has 0 bridgehead atoms. The van der Waals surface area contributed by atoms with Crippen LogP contribution in [0.1, 0.15) is 24.0 Å². The smallest absolute Gasteiger partial charge is 0.342 e. The minimum Gasteiger partial charge on any atom is -0.342 e. The molecular weight excluding hydrogens is 375 g/mol. The summed E-state index contributed by atoms with van der Waals surface area (Å²) in [7, 11) is 1.68. The van der Waals surface area contributed by atoms with E-state index in [1.165, 1.54) is 21.9 Å². The standard InChI is InChI=1S/C19H22F3N3O3/c1-23-7-8-24(12-17(23)27)18(28)14-5-6-16(26)25(11-14)10-13-3-2-4-15(9-13)19(20,21)22/h2-4,9,14H,5-8,10-12H2,1H3/t14-/m1/s1. The molecule has 1 aromatic carbocycles. The fraction of sp³-hybridized carbons (Fsp3) is 0.526. The van der Waals surface area contributed by atoms with Crippen LogP contribution in [0.2, 0.25) is 0 Å². The molecule has 2 aliphatic heterocycles. The van der Waals surface area contributed by atoms with E-state index in [1.807, 2.05) is 0 Å². The van der Waals surface area contributed by atoms with Gasteiger partial charge in [0.2, 0.25) is 17.7 Å². The quantitative estimate of drug-likeness (QED) is 0.781. The SMILES string of the molecule is CN1CCN(C(=O)[C@@H]2CCC(=O)N(Cc3cccc(C(F)(F)F)c3)C2)CC1=O. The number of hydrogen-bond donors (Lipinski definition) is 0. The van der Waals surface area contributed by atoms with Crippen molar-refractivity contribution in [3.05, 3.63) is 35.4 Å². The molecule has 1 atom stereocenters. The van der Waals surface area contributed by atoms with Gasteiger partial charge in [0.05, 0.1) is 18.0 Å². The zero-order valence-electron chi connectivity index (χ0n) is 15.5. The van der Waals surface area contributed by atoms with Crippen LogP contribution in [0.15, 0.2) is 24.3 Å². The molecule has 2 saturated heterocycles. The summed E-state index contributed by atoms with van der Waals surface area (Å²) in [5.41, 5.74) is -0.399. The third kappa shape index (κ3) is 4.45. The first-order chi connectivity index (χ1) is 13.1. The van der Waals surface area contributed by atoms with E-state index in [9.17, 15) is 27.6 Å². The molecule has 0 radical (unpaired) electrons. The van der Waals surface area contributed by atoms with E-state index in [1.54, 1.807) is 11.9 Å². The van der Waals surface area contributed by atoms with Crippen molar-refractivity contribution in [1.82, 2.24) is 14.7 Å². The van der Waals surface area contributed by atoms with Gasteiger partial charge in [-0.05, 0) is 24.1 Å². The average molecular weight is 397 g/mol. The van der Waals surface area contributed by atoms with E-state index in [4.69, 9.17) is 0 Å². The Hall–Kier alpha value is -2.58. The number of amides is 3. The Morgan fingerprint density at radius 3 is 2.61 bits per heavy atom. The highest BCUT2D eigenvalue weighted by atomic mass is 19.4. The molecule has 0 saturated carbocycles. The number of carbonyl (C=O) groups is 3. The molecule has 2 fully saturated rings. The number of likely N-dealkylation sites (tertiary alicyclic amines) is 1. The van der Waals surface area contributed by atoms with Crippen LogP contribution >= 0.6 is 0 Å². The molecule has 1 aromatic rings. The number of rotatable bonds is 3. The summed E-state index contributed by atoms with van der Waals surface area (Å²) < 4.78 is 38.7. The van der Waals surface area contributed by atoms with Gasteiger partial charge in [-0.1, -0.05) is 12.1 Å². The van der Waals surface area contributed by atoms with Crippen LogP contribution in [0.25, 0.3) is 0 Å². The molecule has 3 amide bonds. The Labute approximate surface area is 160 Å². The Morgan fingerprint density at radius 2 is 1.93 bits per heavy atom. The van der Waals surface area contributed by atoms with Crippen LogP contribution in [0.5, 0.6) is 0 Å². The second kappa shape index (κ2) is 7.81. The molecule has 3 rings (SSSR count). The first kappa shape index (κ1) is 20.2. The van der Waals surface area contributed by atoms with Crippen LogP contribution in [0, 0.1) is 5.92 Å². The molecule has 2 aliphatic rings. The molecule has 0 unspecified atom stereocenters. The van der Waals surface area contributed by atoms with Gasteiger partial charge in [-0.25, -0.2) is 0 Å². The van der Waals surface area contributed by atoms with Crippen molar-refractivity contribution in [2.75, 3.05) is 33.2 Å². The minimum atomic E-state index is -4.45. The zero-order chi connectivity index (χ0) is 20.5. The number of carbonyl (C=O) groups excluding carboxylic acids is 3. The topological polar surface area (TPSA) is 60.9 Å². The van der Waals surface area contributed by atoms with Crippen molar-refractivity contribution in [3.8, 4) is 0 Å². The summed E-state index contributed by atoms with van der Waals surface area (Å²) in [6.45, 7) is 1.10. The van der Waals surface area contributed by atoms with Crippen molar-refractivity contribution in [2.24, 2.45) is 5.92 Å². The maximum Gasteiger partial charge on any atom is 0.416 e. The van der Waals surface area contributed by atoms with Crippen molar-refractivity contribution in [2.45, 2.75) is 25.6 Å². The highest BCUT2D eigenvalue weighted by molar-refractivity contribution is 5.88.